The Labute approximate surface area is 156 Å². The Bertz CT molecular complexity index is 1210. The molecule has 2 heterocycles. The quantitative estimate of drug-likeness (QED) is 0.244. The average molecular weight is 381 g/mol. The van der Waals surface area contributed by atoms with E-state index in [1.54, 1.807) is 12.1 Å². The summed E-state index contributed by atoms with van der Waals surface area (Å²) in [6.07, 6.45) is 2.59. The molecule has 4 aromatic rings. The van der Waals surface area contributed by atoms with E-state index in [0.29, 0.717) is 11.3 Å². The third kappa shape index (κ3) is 2.88. The van der Waals surface area contributed by atoms with Crippen LogP contribution in [-0.4, -0.2) is 25.8 Å². The number of benzene rings is 2. The van der Waals surface area contributed by atoms with E-state index in [4.69, 9.17) is 5.73 Å². The summed E-state index contributed by atoms with van der Waals surface area (Å²) in [4.78, 5) is 23.9. The van der Waals surface area contributed by atoms with Gasteiger partial charge in [0, 0.05) is 11.9 Å². The number of aromatic hydroxyl groups is 1. The second kappa shape index (κ2) is 6.62. The minimum Gasteiger partial charge on any atom is -0.508 e. The number of aromatic amines is 1. The number of halogens is 2. The maximum atomic E-state index is 14.3. The molecule has 0 saturated heterocycles. The van der Waals surface area contributed by atoms with Crippen molar-refractivity contribution >= 4 is 34.0 Å². The number of hydrogen-bond donors (Lipinski definition) is 4. The summed E-state index contributed by atoms with van der Waals surface area (Å²) in [6, 6.07) is 8.15. The molecule has 5 N–H and O–H groups in total. The fraction of sp³-hybridized carbons (Fsp3) is 0. The van der Waals surface area contributed by atoms with Gasteiger partial charge in [-0.2, -0.15) is 0 Å². The van der Waals surface area contributed by atoms with Crippen molar-refractivity contribution in [2.75, 3.05) is 11.1 Å². The van der Waals surface area contributed by atoms with Gasteiger partial charge in [-0.3, -0.25) is 4.79 Å². The zero-order valence-corrected chi connectivity index (χ0v) is 14.2. The smallest absolute Gasteiger partial charge is 0.201 e. The molecule has 0 aliphatic rings. The molecular weight excluding hydrogens is 368 g/mol. The van der Waals surface area contributed by atoms with Crippen LogP contribution in [0.2, 0.25) is 0 Å². The summed E-state index contributed by atoms with van der Waals surface area (Å²) in [6.45, 7) is 0. The number of phenols is 1. The number of anilines is 3. The minimum atomic E-state index is -1.12. The van der Waals surface area contributed by atoms with Crippen LogP contribution >= 0.6 is 0 Å². The van der Waals surface area contributed by atoms with Crippen LogP contribution in [0.15, 0.2) is 48.9 Å². The molecule has 0 bridgehead atoms. The van der Waals surface area contributed by atoms with Crippen molar-refractivity contribution in [1.29, 1.82) is 0 Å². The molecule has 0 unspecified atom stereocenters. The molecule has 0 radical (unpaired) electrons. The van der Waals surface area contributed by atoms with Gasteiger partial charge >= 0.3 is 0 Å². The van der Waals surface area contributed by atoms with Gasteiger partial charge in [0.1, 0.15) is 29.4 Å². The molecular formula is C19H13F2N5O2. The number of nitrogens with zero attached hydrogens (tertiary/aromatic N) is 2. The van der Waals surface area contributed by atoms with Crippen molar-refractivity contribution in [3.63, 3.8) is 0 Å². The molecule has 0 amide bonds. The predicted molar refractivity (Wildman–Crippen MR) is 99.5 cm³/mol. The standard InChI is InChI=1S/C19H13F2N5O2/c20-12-5-6-13(22)16(21)15(12)17(28)11-7-23-18-14(11)19(25-8-24-18)26-9-1-3-10(27)4-2-9/h1-8,27H,22H2,(H2,23,24,25,26). The first-order chi connectivity index (χ1) is 13.5. The molecule has 0 fully saturated rings. The maximum absolute atomic E-state index is 14.3. The SMILES string of the molecule is Nc1ccc(F)c(C(=O)c2c[nH]c3ncnc(Nc4ccc(O)cc4)c23)c1F. The number of fused-ring (bicyclic) bond motifs is 1. The Kier molecular flexibility index (Phi) is 4.11. The van der Waals surface area contributed by atoms with E-state index in [0.717, 1.165) is 12.1 Å². The number of aromatic nitrogens is 3. The molecule has 0 spiro atoms. The molecule has 0 aliphatic carbocycles. The predicted octanol–water partition coefficient (Wildman–Crippen LogP) is 3.50. The number of nitrogens with two attached hydrogens (primary N) is 1. The lowest BCUT2D eigenvalue weighted by Gasteiger charge is -2.09. The van der Waals surface area contributed by atoms with Crippen molar-refractivity contribution < 1.29 is 18.7 Å². The summed E-state index contributed by atoms with van der Waals surface area (Å²) in [5.41, 5.74) is 5.28. The lowest BCUT2D eigenvalue weighted by molar-refractivity contribution is 0.103. The largest absolute Gasteiger partial charge is 0.508 e. The number of hydrogen-bond acceptors (Lipinski definition) is 6. The minimum absolute atomic E-state index is 0.0136. The average Bonchev–Trinajstić information content (AvgIpc) is 3.12. The normalized spacial score (nSPS) is 10.9. The fourth-order valence-corrected chi connectivity index (χ4v) is 2.83. The van der Waals surface area contributed by atoms with E-state index < -0.39 is 23.0 Å². The van der Waals surface area contributed by atoms with Crippen LogP contribution in [0.5, 0.6) is 5.75 Å². The number of phenolic OH excluding ortho intramolecular Hbond substituents is 1. The number of carbonyl (C=O) groups excluding carboxylic acids is 1. The van der Waals surface area contributed by atoms with Crippen LogP contribution < -0.4 is 11.1 Å². The van der Waals surface area contributed by atoms with E-state index >= 15 is 0 Å². The van der Waals surface area contributed by atoms with Crippen molar-refractivity contribution in [3.8, 4) is 5.75 Å². The van der Waals surface area contributed by atoms with Crippen molar-refractivity contribution in [1.82, 2.24) is 15.0 Å². The number of ketones is 1. The fourth-order valence-electron chi connectivity index (χ4n) is 2.83. The molecule has 0 aliphatic heterocycles. The molecule has 7 nitrogen and oxygen atoms in total. The van der Waals surface area contributed by atoms with Gasteiger partial charge in [-0.15, -0.1) is 0 Å². The first-order valence-electron chi connectivity index (χ1n) is 8.12. The van der Waals surface area contributed by atoms with Crippen LogP contribution in [0.3, 0.4) is 0 Å². The van der Waals surface area contributed by atoms with Crippen LogP contribution in [-0.2, 0) is 0 Å². The van der Waals surface area contributed by atoms with E-state index in [1.807, 2.05) is 0 Å². The topological polar surface area (TPSA) is 117 Å². The van der Waals surface area contributed by atoms with Crippen LogP contribution in [0.1, 0.15) is 15.9 Å². The van der Waals surface area contributed by atoms with E-state index in [9.17, 15) is 18.7 Å². The summed E-state index contributed by atoms with van der Waals surface area (Å²) < 4.78 is 28.5. The van der Waals surface area contributed by atoms with Crippen LogP contribution in [0.25, 0.3) is 11.0 Å². The summed E-state index contributed by atoms with van der Waals surface area (Å²) >= 11 is 0. The van der Waals surface area contributed by atoms with Crippen LogP contribution in [0.4, 0.5) is 26.0 Å². The molecule has 2 aromatic heterocycles. The number of nitrogens with one attached hydrogen (secondary N) is 2. The molecule has 28 heavy (non-hydrogen) atoms. The zero-order chi connectivity index (χ0) is 19.8. The summed E-state index contributed by atoms with van der Waals surface area (Å²) in [7, 11) is 0. The molecule has 0 atom stereocenters. The molecule has 2 aromatic carbocycles. The summed E-state index contributed by atoms with van der Waals surface area (Å²) in [5.74, 6) is -2.69. The van der Waals surface area contributed by atoms with Gasteiger partial charge in [-0.05, 0) is 36.4 Å². The lowest BCUT2D eigenvalue weighted by Crippen LogP contribution is -2.10. The molecule has 140 valence electrons. The van der Waals surface area contributed by atoms with Crippen molar-refractivity contribution in [3.05, 3.63) is 71.7 Å². The highest BCUT2D eigenvalue weighted by atomic mass is 19.1. The second-order valence-electron chi connectivity index (χ2n) is 5.97. The Morgan fingerprint density at radius 2 is 1.86 bits per heavy atom. The second-order valence-corrected chi connectivity index (χ2v) is 5.97. The number of carbonyl (C=O) groups is 1. The number of H-pyrrole nitrogens is 1. The van der Waals surface area contributed by atoms with Gasteiger partial charge in [0.15, 0.2) is 5.82 Å². The third-order valence-electron chi connectivity index (χ3n) is 4.19. The number of nitrogen functional groups attached to an aromatic ring is 1. The van der Waals surface area contributed by atoms with Crippen molar-refractivity contribution in [2.45, 2.75) is 0 Å². The monoisotopic (exact) mass is 381 g/mol. The van der Waals surface area contributed by atoms with E-state index in [2.05, 4.69) is 20.3 Å². The molecule has 0 saturated carbocycles. The first-order valence-corrected chi connectivity index (χ1v) is 8.12. The molecule has 4 rings (SSSR count). The zero-order valence-electron chi connectivity index (χ0n) is 14.2. The van der Waals surface area contributed by atoms with E-state index in [1.165, 1.54) is 24.7 Å². The lowest BCUT2D eigenvalue weighted by atomic mass is 10.0. The van der Waals surface area contributed by atoms with Crippen molar-refractivity contribution in [2.24, 2.45) is 0 Å². The van der Waals surface area contributed by atoms with Gasteiger partial charge < -0.3 is 21.1 Å². The highest BCUT2D eigenvalue weighted by Crippen LogP contribution is 2.30. The Hall–Kier alpha value is -4.01. The Morgan fingerprint density at radius 3 is 2.61 bits per heavy atom. The Morgan fingerprint density at radius 1 is 1.11 bits per heavy atom. The van der Waals surface area contributed by atoms with Crippen LogP contribution in [0, 0.1) is 11.6 Å². The maximum Gasteiger partial charge on any atom is 0.201 e. The highest BCUT2D eigenvalue weighted by Gasteiger charge is 2.25. The van der Waals surface area contributed by atoms with Gasteiger partial charge in [0.25, 0.3) is 0 Å². The van der Waals surface area contributed by atoms with Gasteiger partial charge in [0.2, 0.25) is 5.78 Å². The third-order valence-corrected chi connectivity index (χ3v) is 4.19. The van der Waals surface area contributed by atoms with E-state index in [-0.39, 0.29) is 28.2 Å². The van der Waals surface area contributed by atoms with Gasteiger partial charge in [-0.25, -0.2) is 18.7 Å². The molecule has 9 heteroatoms. The van der Waals surface area contributed by atoms with Gasteiger partial charge in [-0.1, -0.05) is 0 Å². The summed E-state index contributed by atoms with van der Waals surface area (Å²) in [5, 5.41) is 12.7. The Balaban J connectivity index is 1.84. The first kappa shape index (κ1) is 17.4. The number of rotatable bonds is 4. The van der Waals surface area contributed by atoms with Gasteiger partial charge in [0.05, 0.1) is 22.2 Å². The highest BCUT2D eigenvalue weighted by molar-refractivity contribution is 6.18.